The molecule has 152 valence electrons. The lowest BCUT2D eigenvalue weighted by molar-refractivity contribution is 0.00578. The molecule has 0 aromatic heterocycles. The first kappa shape index (κ1) is 22.3. The monoisotopic (exact) mass is 376 g/mol. The number of hydrogen-bond acceptors (Lipinski definition) is 4. The van der Waals surface area contributed by atoms with E-state index in [-0.39, 0.29) is 23.4 Å². The van der Waals surface area contributed by atoms with Crippen LogP contribution in [0.1, 0.15) is 79.7 Å². The summed E-state index contributed by atoms with van der Waals surface area (Å²) in [7, 11) is 1.17. The van der Waals surface area contributed by atoms with Gasteiger partial charge in [0, 0.05) is 12.6 Å². The average molecular weight is 376 g/mol. The maximum absolute atomic E-state index is 6.31. The molecule has 1 unspecified atom stereocenters. The van der Waals surface area contributed by atoms with E-state index in [2.05, 4.69) is 67.5 Å². The van der Waals surface area contributed by atoms with Crippen LogP contribution in [0, 0.1) is 5.41 Å². The molecule has 0 radical (unpaired) electrons. The molecule has 1 aromatic rings. The Kier molecular flexibility index (Phi) is 6.71. The van der Waals surface area contributed by atoms with Crippen LogP contribution < -0.4 is 10.2 Å². The van der Waals surface area contributed by atoms with Crippen molar-refractivity contribution in [2.45, 2.75) is 85.4 Å². The summed E-state index contributed by atoms with van der Waals surface area (Å²) in [6.45, 7) is 17.6. The van der Waals surface area contributed by atoms with Gasteiger partial charge >= 0.3 is 7.12 Å². The molecule has 1 saturated heterocycles. The Morgan fingerprint density at radius 2 is 1.67 bits per heavy atom. The lowest BCUT2D eigenvalue weighted by Gasteiger charge is -2.32. The van der Waals surface area contributed by atoms with Crippen molar-refractivity contribution in [2.24, 2.45) is 5.41 Å². The first-order chi connectivity index (χ1) is 12.4. The van der Waals surface area contributed by atoms with Crippen LogP contribution in [0.2, 0.25) is 0 Å². The van der Waals surface area contributed by atoms with Gasteiger partial charge in [-0.15, -0.1) is 0 Å². The molecule has 2 rings (SSSR count). The lowest BCUT2D eigenvalue weighted by atomic mass is 9.71. The standard InChI is InChI=1S/C22H37BO4/c1-10-11-17(20(2,3)4)16-12-13-19(25-15-24-9)18(14-16)23-26-21(5,6)22(7,8)27-23/h12-14,17H,10-11,15H2,1-9H3. The summed E-state index contributed by atoms with van der Waals surface area (Å²) in [6, 6.07) is 6.41. The van der Waals surface area contributed by atoms with Crippen LogP contribution in [-0.2, 0) is 14.0 Å². The van der Waals surface area contributed by atoms with Crippen molar-refractivity contribution in [2.75, 3.05) is 13.9 Å². The molecule has 0 spiro atoms. The summed E-state index contributed by atoms with van der Waals surface area (Å²) < 4.78 is 23.6. The molecular formula is C22H37BO4. The zero-order valence-electron chi connectivity index (χ0n) is 18.6. The summed E-state index contributed by atoms with van der Waals surface area (Å²) in [5, 5.41) is 0. The molecule has 4 nitrogen and oxygen atoms in total. The second kappa shape index (κ2) is 8.14. The topological polar surface area (TPSA) is 36.9 Å². The highest BCUT2D eigenvalue weighted by molar-refractivity contribution is 6.63. The Morgan fingerprint density at radius 3 is 2.15 bits per heavy atom. The van der Waals surface area contributed by atoms with E-state index in [1.165, 1.54) is 5.56 Å². The minimum absolute atomic E-state index is 0.179. The summed E-state index contributed by atoms with van der Waals surface area (Å²) in [4.78, 5) is 0. The Hall–Kier alpha value is -1.04. The molecule has 5 heteroatoms. The maximum atomic E-state index is 6.31. The van der Waals surface area contributed by atoms with E-state index >= 15 is 0 Å². The van der Waals surface area contributed by atoms with Crippen molar-refractivity contribution >= 4 is 12.6 Å². The van der Waals surface area contributed by atoms with Gasteiger partial charge in [0.05, 0.1) is 11.2 Å². The Bertz CT molecular complexity index is 618. The van der Waals surface area contributed by atoms with Crippen LogP contribution >= 0.6 is 0 Å². The summed E-state index contributed by atoms with van der Waals surface area (Å²) in [5.41, 5.74) is 1.64. The van der Waals surface area contributed by atoms with Gasteiger partial charge < -0.3 is 18.8 Å². The zero-order valence-corrected chi connectivity index (χ0v) is 18.6. The fourth-order valence-corrected chi connectivity index (χ4v) is 3.58. The molecule has 1 aliphatic rings. The number of ether oxygens (including phenoxy) is 2. The van der Waals surface area contributed by atoms with Crippen LogP contribution in [0.4, 0.5) is 0 Å². The average Bonchev–Trinajstić information content (AvgIpc) is 2.77. The highest BCUT2D eigenvalue weighted by Gasteiger charge is 2.52. The molecule has 1 aliphatic heterocycles. The highest BCUT2D eigenvalue weighted by Crippen LogP contribution is 2.40. The molecule has 1 heterocycles. The first-order valence-corrected chi connectivity index (χ1v) is 10.0. The predicted octanol–water partition coefficient (Wildman–Crippen LogP) is 4.90. The SMILES string of the molecule is CCCC(c1ccc(OCOC)c(B2OC(C)(C)C(C)(C)O2)c1)C(C)(C)C. The maximum Gasteiger partial charge on any atom is 0.498 e. The van der Waals surface area contributed by atoms with Crippen LogP contribution in [0.25, 0.3) is 0 Å². The molecule has 0 saturated carbocycles. The van der Waals surface area contributed by atoms with E-state index in [9.17, 15) is 0 Å². The normalized spacial score (nSPS) is 20.0. The second-order valence-corrected chi connectivity index (χ2v) is 9.64. The number of hydrogen-bond donors (Lipinski definition) is 0. The van der Waals surface area contributed by atoms with Gasteiger partial charge in [0.25, 0.3) is 0 Å². The first-order valence-electron chi connectivity index (χ1n) is 10.0. The van der Waals surface area contributed by atoms with Gasteiger partial charge in [-0.2, -0.15) is 0 Å². The summed E-state index contributed by atoms with van der Waals surface area (Å²) in [5.74, 6) is 1.21. The lowest BCUT2D eigenvalue weighted by Crippen LogP contribution is -2.41. The smallest absolute Gasteiger partial charge is 0.468 e. The van der Waals surface area contributed by atoms with E-state index in [1.807, 2.05) is 6.07 Å². The van der Waals surface area contributed by atoms with Gasteiger partial charge in [0.1, 0.15) is 5.75 Å². The molecule has 0 bridgehead atoms. The van der Waals surface area contributed by atoms with E-state index in [4.69, 9.17) is 18.8 Å². The Labute approximate surface area is 166 Å². The van der Waals surface area contributed by atoms with Gasteiger partial charge in [0.15, 0.2) is 6.79 Å². The van der Waals surface area contributed by atoms with Crippen molar-refractivity contribution < 1.29 is 18.8 Å². The van der Waals surface area contributed by atoms with Crippen molar-refractivity contribution in [1.82, 2.24) is 0 Å². The quantitative estimate of drug-likeness (QED) is 0.501. The van der Waals surface area contributed by atoms with Gasteiger partial charge in [0.2, 0.25) is 0 Å². The molecule has 0 N–H and O–H groups in total. The third kappa shape index (κ3) is 4.88. The van der Waals surface area contributed by atoms with Gasteiger partial charge in [-0.3, -0.25) is 0 Å². The summed E-state index contributed by atoms with van der Waals surface area (Å²) >= 11 is 0. The molecule has 0 aliphatic carbocycles. The van der Waals surface area contributed by atoms with Gasteiger partial charge in [-0.05, 0) is 57.1 Å². The van der Waals surface area contributed by atoms with Crippen LogP contribution in [0.5, 0.6) is 5.75 Å². The van der Waals surface area contributed by atoms with E-state index in [0.717, 1.165) is 24.1 Å². The van der Waals surface area contributed by atoms with Crippen molar-refractivity contribution in [1.29, 1.82) is 0 Å². The zero-order chi connectivity index (χ0) is 20.5. The number of rotatable bonds is 7. The largest absolute Gasteiger partial charge is 0.498 e. The molecule has 1 fully saturated rings. The van der Waals surface area contributed by atoms with Crippen LogP contribution in [0.3, 0.4) is 0 Å². The Balaban J connectivity index is 2.46. The van der Waals surface area contributed by atoms with Crippen LogP contribution in [0.15, 0.2) is 18.2 Å². The molecule has 1 aromatic carbocycles. The molecule has 27 heavy (non-hydrogen) atoms. The van der Waals surface area contributed by atoms with Crippen LogP contribution in [-0.4, -0.2) is 32.2 Å². The molecule has 1 atom stereocenters. The third-order valence-electron chi connectivity index (χ3n) is 5.90. The molecule has 0 amide bonds. The fraction of sp³-hybridized carbons (Fsp3) is 0.727. The molecular weight excluding hydrogens is 339 g/mol. The van der Waals surface area contributed by atoms with E-state index < -0.39 is 7.12 Å². The minimum Gasteiger partial charge on any atom is -0.468 e. The van der Waals surface area contributed by atoms with E-state index in [1.54, 1.807) is 7.11 Å². The highest BCUT2D eigenvalue weighted by atomic mass is 16.7. The minimum atomic E-state index is -0.455. The van der Waals surface area contributed by atoms with Crippen molar-refractivity contribution in [3.8, 4) is 5.75 Å². The number of benzene rings is 1. The summed E-state index contributed by atoms with van der Waals surface area (Å²) in [6.07, 6.45) is 2.29. The predicted molar refractivity (Wildman–Crippen MR) is 112 cm³/mol. The fourth-order valence-electron chi connectivity index (χ4n) is 3.58. The van der Waals surface area contributed by atoms with Gasteiger partial charge in [-0.25, -0.2) is 0 Å². The Morgan fingerprint density at radius 1 is 1.07 bits per heavy atom. The number of methoxy groups -OCH3 is 1. The van der Waals surface area contributed by atoms with Crippen molar-refractivity contribution in [3.63, 3.8) is 0 Å². The van der Waals surface area contributed by atoms with E-state index in [0.29, 0.717) is 5.92 Å². The van der Waals surface area contributed by atoms with Crippen molar-refractivity contribution in [3.05, 3.63) is 23.8 Å². The van der Waals surface area contributed by atoms with Gasteiger partial charge in [-0.1, -0.05) is 46.2 Å². The second-order valence-electron chi connectivity index (χ2n) is 9.64. The third-order valence-corrected chi connectivity index (χ3v) is 5.90.